The number of nitrogens with zero attached hydrogens (tertiary/aromatic N) is 2. The summed E-state index contributed by atoms with van der Waals surface area (Å²) < 4.78 is 6.88. The van der Waals surface area contributed by atoms with Crippen molar-refractivity contribution >= 4 is 17.7 Å². The third-order valence-corrected chi connectivity index (χ3v) is 4.48. The summed E-state index contributed by atoms with van der Waals surface area (Å²) in [5.74, 6) is -0.189. The van der Waals surface area contributed by atoms with Crippen molar-refractivity contribution in [2.75, 3.05) is 12.4 Å². The molecular formula is C22H22N3O4-. The first-order valence-corrected chi connectivity index (χ1v) is 9.28. The molecule has 1 heterocycles. The van der Waals surface area contributed by atoms with Crippen LogP contribution in [0.25, 0.3) is 16.8 Å². The smallest absolute Gasteiger partial charge is 0.225 e. The second kappa shape index (κ2) is 9.05. The van der Waals surface area contributed by atoms with E-state index in [4.69, 9.17) is 4.74 Å². The van der Waals surface area contributed by atoms with Gasteiger partial charge in [0.15, 0.2) is 0 Å². The molecule has 0 aliphatic heterocycles. The van der Waals surface area contributed by atoms with Crippen LogP contribution in [-0.2, 0) is 9.59 Å². The van der Waals surface area contributed by atoms with Crippen LogP contribution in [0.15, 0.2) is 54.6 Å². The molecule has 0 aliphatic rings. The van der Waals surface area contributed by atoms with E-state index in [1.807, 2.05) is 61.5 Å². The molecule has 1 amide bonds. The fourth-order valence-electron chi connectivity index (χ4n) is 3.09. The molecule has 7 nitrogen and oxygen atoms in total. The van der Waals surface area contributed by atoms with Crippen molar-refractivity contribution in [2.24, 2.45) is 0 Å². The summed E-state index contributed by atoms with van der Waals surface area (Å²) in [4.78, 5) is 23.1. The summed E-state index contributed by atoms with van der Waals surface area (Å²) >= 11 is 0. The summed E-state index contributed by atoms with van der Waals surface area (Å²) in [5.41, 5.74) is 3.27. The van der Waals surface area contributed by atoms with Gasteiger partial charge in [-0.15, -0.1) is 0 Å². The van der Waals surface area contributed by atoms with Crippen LogP contribution < -0.4 is 15.2 Å². The second-order valence-corrected chi connectivity index (χ2v) is 6.56. The summed E-state index contributed by atoms with van der Waals surface area (Å²) in [6.45, 7) is 1.88. The molecule has 1 N–H and O–H groups in total. The van der Waals surface area contributed by atoms with Crippen LogP contribution in [-0.4, -0.2) is 28.8 Å². The number of nitrogens with one attached hydrogen (secondary N) is 1. The maximum absolute atomic E-state index is 12.5. The van der Waals surface area contributed by atoms with Gasteiger partial charge in [0.25, 0.3) is 0 Å². The van der Waals surface area contributed by atoms with E-state index in [0.717, 1.165) is 22.5 Å². The van der Waals surface area contributed by atoms with Gasteiger partial charge in [-0.25, -0.2) is 4.68 Å². The van der Waals surface area contributed by atoms with Crippen molar-refractivity contribution in [1.82, 2.24) is 9.78 Å². The fourth-order valence-corrected chi connectivity index (χ4v) is 3.09. The molecule has 0 unspecified atom stereocenters. The molecule has 7 heteroatoms. The van der Waals surface area contributed by atoms with Gasteiger partial charge in [-0.2, -0.15) is 5.10 Å². The van der Waals surface area contributed by atoms with E-state index in [1.54, 1.807) is 11.8 Å². The van der Waals surface area contributed by atoms with Gasteiger partial charge >= 0.3 is 0 Å². The van der Waals surface area contributed by atoms with Gasteiger partial charge in [-0.1, -0.05) is 30.3 Å². The van der Waals surface area contributed by atoms with E-state index in [2.05, 4.69) is 10.4 Å². The van der Waals surface area contributed by atoms with Crippen molar-refractivity contribution in [3.63, 3.8) is 0 Å². The Morgan fingerprint density at radius 3 is 2.38 bits per heavy atom. The Kier molecular flexibility index (Phi) is 6.29. The van der Waals surface area contributed by atoms with Gasteiger partial charge < -0.3 is 20.0 Å². The average molecular weight is 392 g/mol. The van der Waals surface area contributed by atoms with Crippen molar-refractivity contribution in [3.05, 3.63) is 60.3 Å². The predicted molar refractivity (Wildman–Crippen MR) is 108 cm³/mol. The zero-order valence-corrected chi connectivity index (χ0v) is 16.3. The van der Waals surface area contributed by atoms with E-state index in [9.17, 15) is 14.7 Å². The number of hydrogen-bond donors (Lipinski definition) is 1. The Morgan fingerprint density at radius 1 is 1.07 bits per heavy atom. The molecule has 0 atom stereocenters. The maximum atomic E-state index is 12.5. The number of rotatable bonds is 8. The molecule has 0 saturated carbocycles. The molecule has 150 valence electrons. The molecule has 1 aromatic heterocycles. The first-order valence-electron chi connectivity index (χ1n) is 9.28. The molecule has 0 radical (unpaired) electrons. The van der Waals surface area contributed by atoms with Crippen LogP contribution in [0.4, 0.5) is 5.82 Å². The molecule has 29 heavy (non-hydrogen) atoms. The average Bonchev–Trinajstić information content (AvgIpc) is 3.04. The van der Waals surface area contributed by atoms with Gasteiger partial charge in [0.2, 0.25) is 5.91 Å². The molecule has 0 bridgehead atoms. The second-order valence-electron chi connectivity index (χ2n) is 6.56. The van der Waals surface area contributed by atoms with Crippen molar-refractivity contribution in [2.45, 2.75) is 26.2 Å². The highest BCUT2D eigenvalue weighted by molar-refractivity contribution is 5.95. The van der Waals surface area contributed by atoms with E-state index in [-0.39, 0.29) is 25.2 Å². The van der Waals surface area contributed by atoms with E-state index >= 15 is 0 Å². The quantitative estimate of drug-likeness (QED) is 0.636. The van der Waals surface area contributed by atoms with Crippen LogP contribution in [0.2, 0.25) is 0 Å². The van der Waals surface area contributed by atoms with Crippen molar-refractivity contribution in [1.29, 1.82) is 0 Å². The molecule has 0 spiro atoms. The SMILES string of the molecule is COc1ccc(-n2nc(C)c(-c3ccccc3)c2NC(=O)CCCC(=O)[O-])cc1. The predicted octanol–water partition coefficient (Wildman–Crippen LogP) is 2.72. The third-order valence-electron chi connectivity index (χ3n) is 4.48. The van der Waals surface area contributed by atoms with Crippen molar-refractivity contribution < 1.29 is 19.4 Å². The Bertz CT molecular complexity index is 995. The van der Waals surface area contributed by atoms with Crippen LogP contribution in [0.5, 0.6) is 5.75 Å². The van der Waals surface area contributed by atoms with Gasteiger partial charge in [-0.05, 0) is 49.6 Å². The molecule has 3 rings (SSSR count). The largest absolute Gasteiger partial charge is 0.550 e. The number of methoxy groups -OCH3 is 1. The Hall–Kier alpha value is -3.61. The zero-order chi connectivity index (χ0) is 20.8. The van der Waals surface area contributed by atoms with Crippen LogP contribution >= 0.6 is 0 Å². The lowest BCUT2D eigenvalue weighted by molar-refractivity contribution is -0.305. The Morgan fingerprint density at radius 2 is 1.76 bits per heavy atom. The minimum absolute atomic E-state index is 0.0784. The number of hydrogen-bond acceptors (Lipinski definition) is 5. The number of ether oxygens (including phenoxy) is 1. The Labute approximate surface area is 168 Å². The first-order chi connectivity index (χ1) is 14.0. The highest BCUT2D eigenvalue weighted by Crippen LogP contribution is 2.33. The monoisotopic (exact) mass is 392 g/mol. The highest BCUT2D eigenvalue weighted by atomic mass is 16.5. The minimum atomic E-state index is -1.16. The molecule has 0 aliphatic carbocycles. The number of aliphatic carboxylic acids is 1. The molecule has 3 aromatic rings. The number of aryl methyl sites for hydroxylation is 1. The number of carbonyl (C=O) groups is 2. The summed E-state index contributed by atoms with van der Waals surface area (Å²) in [6.07, 6.45) is 0.134. The molecule has 2 aromatic carbocycles. The van der Waals surface area contributed by atoms with E-state index in [0.29, 0.717) is 11.6 Å². The minimum Gasteiger partial charge on any atom is -0.550 e. The van der Waals surface area contributed by atoms with E-state index < -0.39 is 5.97 Å². The van der Waals surface area contributed by atoms with Crippen molar-refractivity contribution in [3.8, 4) is 22.6 Å². The number of anilines is 1. The first kappa shape index (κ1) is 20.1. The maximum Gasteiger partial charge on any atom is 0.225 e. The van der Waals surface area contributed by atoms with Gasteiger partial charge in [0.1, 0.15) is 11.6 Å². The van der Waals surface area contributed by atoms with E-state index in [1.165, 1.54) is 0 Å². The third kappa shape index (κ3) is 4.82. The van der Waals surface area contributed by atoms with Gasteiger partial charge in [-0.3, -0.25) is 4.79 Å². The number of benzene rings is 2. The van der Waals surface area contributed by atoms with Gasteiger partial charge in [0, 0.05) is 18.0 Å². The molecular weight excluding hydrogens is 370 g/mol. The zero-order valence-electron chi connectivity index (χ0n) is 16.3. The fraction of sp³-hybridized carbons (Fsp3) is 0.227. The van der Waals surface area contributed by atoms with Gasteiger partial charge in [0.05, 0.1) is 18.5 Å². The lowest BCUT2D eigenvalue weighted by Crippen LogP contribution is -2.22. The number of amides is 1. The molecule has 0 fully saturated rings. The summed E-state index contributed by atoms with van der Waals surface area (Å²) in [6, 6.07) is 17.0. The lowest BCUT2D eigenvalue weighted by Gasteiger charge is -2.12. The normalized spacial score (nSPS) is 10.6. The van der Waals surface area contributed by atoms with Crippen LogP contribution in [0.1, 0.15) is 25.0 Å². The summed E-state index contributed by atoms with van der Waals surface area (Å²) in [5, 5.41) is 18.2. The number of carboxylic acids is 1. The topological polar surface area (TPSA) is 96.3 Å². The number of carboxylic acid groups (broad SMARTS) is 1. The summed E-state index contributed by atoms with van der Waals surface area (Å²) in [7, 11) is 1.60. The standard InChI is InChI=1S/C22H23N3O4/c1-15-21(16-7-4-3-5-8-16)22(23-19(26)9-6-10-20(27)28)25(24-15)17-11-13-18(29-2)14-12-17/h3-5,7-8,11-14H,6,9-10H2,1-2H3,(H,23,26)(H,27,28)/p-1. The van der Waals surface area contributed by atoms with Crippen LogP contribution in [0.3, 0.4) is 0 Å². The highest BCUT2D eigenvalue weighted by Gasteiger charge is 2.20. The number of aromatic nitrogens is 2. The van der Waals surface area contributed by atoms with Crippen LogP contribution in [0, 0.1) is 6.92 Å². The lowest BCUT2D eigenvalue weighted by atomic mass is 10.1. The Balaban J connectivity index is 1.99. The number of carbonyl (C=O) groups excluding carboxylic acids is 2. The molecule has 0 saturated heterocycles.